The Bertz CT molecular complexity index is 912. The average Bonchev–Trinajstić information content (AvgIpc) is 2.69. The molecule has 0 N–H and O–H groups in total. The molecule has 1 aliphatic rings. The van der Waals surface area contributed by atoms with E-state index in [1.807, 2.05) is 30.3 Å². The zero-order valence-electron chi connectivity index (χ0n) is 14.2. The highest BCUT2D eigenvalue weighted by Crippen LogP contribution is 2.32. The maximum atomic E-state index is 13.1. The number of anilines is 2. The van der Waals surface area contributed by atoms with Crippen molar-refractivity contribution in [3.8, 4) is 0 Å². The van der Waals surface area contributed by atoms with E-state index in [-0.39, 0.29) is 11.7 Å². The molecule has 0 radical (unpaired) electrons. The van der Waals surface area contributed by atoms with Gasteiger partial charge in [0.2, 0.25) is 0 Å². The van der Waals surface area contributed by atoms with Gasteiger partial charge in [-0.1, -0.05) is 30.3 Å². The lowest BCUT2D eigenvalue weighted by Crippen LogP contribution is -2.44. The third-order valence-electron chi connectivity index (χ3n) is 4.50. The first kappa shape index (κ1) is 16.3. The lowest BCUT2D eigenvalue weighted by Gasteiger charge is -2.36. The fourth-order valence-corrected chi connectivity index (χ4v) is 3.21. The third kappa shape index (κ3) is 3.16. The molecule has 2 heterocycles. The fourth-order valence-electron chi connectivity index (χ4n) is 3.21. The zero-order valence-corrected chi connectivity index (χ0v) is 14.2. The van der Waals surface area contributed by atoms with Gasteiger partial charge in [-0.05, 0) is 42.0 Å². The van der Waals surface area contributed by atoms with Gasteiger partial charge in [0, 0.05) is 31.4 Å². The second-order valence-electron chi connectivity index (χ2n) is 6.22. The molecule has 4 nitrogen and oxygen atoms in total. The quantitative estimate of drug-likeness (QED) is 0.721. The van der Waals surface area contributed by atoms with Crippen LogP contribution in [0.25, 0.3) is 0 Å². The molecule has 3 aromatic rings. The molecular weight excluding hydrogens is 329 g/mol. The Balaban J connectivity index is 1.63. The summed E-state index contributed by atoms with van der Waals surface area (Å²) in [6, 6.07) is 19.6. The third-order valence-corrected chi connectivity index (χ3v) is 4.50. The van der Waals surface area contributed by atoms with Gasteiger partial charge in [-0.3, -0.25) is 4.79 Å². The number of aromatic nitrogens is 1. The number of hydrogen-bond acceptors (Lipinski definition) is 3. The van der Waals surface area contributed by atoms with Crippen molar-refractivity contribution in [1.29, 1.82) is 0 Å². The largest absolute Gasteiger partial charge is 0.349 e. The summed E-state index contributed by atoms with van der Waals surface area (Å²) < 4.78 is 13.1. The van der Waals surface area contributed by atoms with Crippen LogP contribution in [0.5, 0.6) is 0 Å². The van der Waals surface area contributed by atoms with E-state index in [2.05, 4.69) is 22.0 Å². The van der Waals surface area contributed by atoms with Crippen LogP contribution in [0.3, 0.4) is 0 Å². The van der Waals surface area contributed by atoms with Crippen LogP contribution in [0.1, 0.15) is 15.9 Å². The van der Waals surface area contributed by atoms with E-state index in [0.29, 0.717) is 18.7 Å². The van der Waals surface area contributed by atoms with Crippen molar-refractivity contribution >= 4 is 17.4 Å². The summed E-state index contributed by atoms with van der Waals surface area (Å²) >= 11 is 0. The van der Waals surface area contributed by atoms with Crippen molar-refractivity contribution in [3.63, 3.8) is 0 Å². The maximum Gasteiger partial charge on any atom is 0.258 e. The second-order valence-corrected chi connectivity index (χ2v) is 6.22. The summed E-state index contributed by atoms with van der Waals surface area (Å²) in [5.41, 5.74) is 2.45. The number of fused-ring (bicyclic) bond motifs is 1. The number of halogens is 1. The molecule has 26 heavy (non-hydrogen) atoms. The van der Waals surface area contributed by atoms with E-state index < -0.39 is 0 Å². The van der Waals surface area contributed by atoms with Gasteiger partial charge in [0.1, 0.15) is 5.82 Å². The number of benzene rings is 2. The topological polar surface area (TPSA) is 36.4 Å². The molecule has 0 aliphatic carbocycles. The normalized spacial score (nSPS) is 13.4. The highest BCUT2D eigenvalue weighted by molar-refractivity contribution is 6.08. The zero-order chi connectivity index (χ0) is 17.9. The number of pyridine rings is 1. The molecule has 0 bridgehead atoms. The van der Waals surface area contributed by atoms with Crippen molar-refractivity contribution in [3.05, 3.63) is 89.9 Å². The molecule has 0 fully saturated rings. The van der Waals surface area contributed by atoms with Crippen molar-refractivity contribution in [2.24, 2.45) is 0 Å². The Labute approximate surface area is 151 Å². The highest BCUT2D eigenvalue weighted by atomic mass is 19.1. The number of hydrogen-bond donors (Lipinski definition) is 0. The van der Waals surface area contributed by atoms with Gasteiger partial charge in [0.15, 0.2) is 5.82 Å². The standard InChI is InChI=1S/C21H18FN3O/c22-18-10-8-17(9-11-18)21(26)25-14-13-24(15-16-5-2-1-3-6-16)20-19(25)7-4-12-23-20/h1-12H,13-15H2. The maximum absolute atomic E-state index is 13.1. The summed E-state index contributed by atoms with van der Waals surface area (Å²) in [6.07, 6.45) is 1.74. The summed E-state index contributed by atoms with van der Waals surface area (Å²) in [7, 11) is 0. The first-order valence-corrected chi connectivity index (χ1v) is 8.54. The van der Waals surface area contributed by atoms with Crippen LogP contribution in [-0.2, 0) is 6.54 Å². The van der Waals surface area contributed by atoms with Gasteiger partial charge in [-0.2, -0.15) is 0 Å². The molecule has 0 spiro atoms. The summed E-state index contributed by atoms with van der Waals surface area (Å²) in [5, 5.41) is 0. The Morgan fingerprint density at radius 3 is 2.50 bits per heavy atom. The molecule has 0 saturated heterocycles. The van der Waals surface area contributed by atoms with Crippen LogP contribution < -0.4 is 9.80 Å². The molecule has 5 heteroatoms. The number of carbonyl (C=O) groups is 1. The van der Waals surface area contributed by atoms with E-state index in [0.717, 1.165) is 18.1 Å². The van der Waals surface area contributed by atoms with Gasteiger partial charge < -0.3 is 9.80 Å². The van der Waals surface area contributed by atoms with Crippen molar-refractivity contribution in [2.75, 3.05) is 22.9 Å². The molecular formula is C21H18FN3O. The van der Waals surface area contributed by atoms with Gasteiger partial charge >= 0.3 is 0 Å². The predicted octanol–water partition coefficient (Wildman–Crippen LogP) is 3.89. The Morgan fingerprint density at radius 2 is 1.73 bits per heavy atom. The molecule has 1 aromatic heterocycles. The SMILES string of the molecule is O=C(c1ccc(F)cc1)N1CCN(Cc2ccccc2)c2ncccc21. The van der Waals surface area contributed by atoms with Crippen LogP contribution in [0.15, 0.2) is 72.9 Å². The highest BCUT2D eigenvalue weighted by Gasteiger charge is 2.28. The summed E-state index contributed by atoms with van der Waals surface area (Å²) in [4.78, 5) is 21.3. The average molecular weight is 347 g/mol. The van der Waals surface area contributed by atoms with Crippen LogP contribution >= 0.6 is 0 Å². The van der Waals surface area contributed by atoms with Crippen LogP contribution in [-0.4, -0.2) is 24.0 Å². The number of nitrogens with zero attached hydrogens (tertiary/aromatic N) is 3. The molecule has 130 valence electrons. The van der Waals surface area contributed by atoms with E-state index in [4.69, 9.17) is 0 Å². The number of rotatable bonds is 3. The molecule has 1 amide bonds. The minimum Gasteiger partial charge on any atom is -0.349 e. The number of carbonyl (C=O) groups excluding carboxylic acids is 1. The minimum absolute atomic E-state index is 0.140. The Hall–Kier alpha value is -3.21. The Kier molecular flexibility index (Phi) is 4.35. The summed E-state index contributed by atoms with van der Waals surface area (Å²) in [6.45, 7) is 1.98. The molecule has 0 saturated carbocycles. The second kappa shape index (κ2) is 6.96. The van der Waals surface area contributed by atoms with Crippen LogP contribution in [0.2, 0.25) is 0 Å². The van der Waals surface area contributed by atoms with Crippen molar-refractivity contribution in [2.45, 2.75) is 6.54 Å². The Morgan fingerprint density at radius 1 is 0.962 bits per heavy atom. The smallest absolute Gasteiger partial charge is 0.258 e. The lowest BCUT2D eigenvalue weighted by atomic mass is 10.1. The molecule has 1 aliphatic heterocycles. The summed E-state index contributed by atoms with van der Waals surface area (Å²) in [5.74, 6) is 0.299. The van der Waals surface area contributed by atoms with E-state index in [1.165, 1.54) is 29.8 Å². The van der Waals surface area contributed by atoms with Gasteiger partial charge in [0.05, 0.1) is 5.69 Å². The molecule has 4 rings (SSSR count). The van der Waals surface area contributed by atoms with Gasteiger partial charge in [-0.25, -0.2) is 9.37 Å². The molecule has 0 unspecified atom stereocenters. The van der Waals surface area contributed by atoms with E-state index in [9.17, 15) is 9.18 Å². The first-order chi connectivity index (χ1) is 12.7. The molecule has 0 atom stereocenters. The van der Waals surface area contributed by atoms with Crippen molar-refractivity contribution < 1.29 is 9.18 Å². The predicted molar refractivity (Wildman–Crippen MR) is 99.8 cm³/mol. The lowest BCUT2D eigenvalue weighted by molar-refractivity contribution is 0.0986. The first-order valence-electron chi connectivity index (χ1n) is 8.54. The fraction of sp³-hybridized carbons (Fsp3) is 0.143. The van der Waals surface area contributed by atoms with Crippen molar-refractivity contribution in [1.82, 2.24) is 4.98 Å². The van der Waals surface area contributed by atoms with E-state index in [1.54, 1.807) is 11.1 Å². The monoisotopic (exact) mass is 347 g/mol. The van der Waals surface area contributed by atoms with E-state index >= 15 is 0 Å². The van der Waals surface area contributed by atoms with Crippen LogP contribution in [0.4, 0.5) is 15.9 Å². The number of amides is 1. The minimum atomic E-state index is -0.351. The van der Waals surface area contributed by atoms with Gasteiger partial charge in [-0.15, -0.1) is 0 Å². The van der Waals surface area contributed by atoms with Gasteiger partial charge in [0.25, 0.3) is 5.91 Å². The molecule has 2 aromatic carbocycles. The van der Waals surface area contributed by atoms with Crippen LogP contribution in [0, 0.1) is 5.82 Å².